The summed E-state index contributed by atoms with van der Waals surface area (Å²) in [4.78, 5) is 17.4. The van der Waals surface area contributed by atoms with Gasteiger partial charge in [-0.05, 0) is 48.6 Å². The van der Waals surface area contributed by atoms with E-state index < -0.39 is 11.7 Å². The monoisotopic (exact) mass is 387 g/mol. The van der Waals surface area contributed by atoms with Crippen LogP contribution in [0.2, 0.25) is 0 Å². The smallest absolute Gasteiger partial charge is 0.361 e. The molecule has 2 amide bonds. The number of carbonyl (C=O) groups excluding carboxylic acids is 1. The fourth-order valence-electron chi connectivity index (χ4n) is 3.80. The van der Waals surface area contributed by atoms with Gasteiger partial charge in [0.25, 0.3) is 0 Å². The zero-order chi connectivity index (χ0) is 19.7. The van der Waals surface area contributed by atoms with Gasteiger partial charge in [0, 0.05) is 35.9 Å². The molecule has 2 N–H and O–H groups in total. The van der Waals surface area contributed by atoms with Crippen molar-refractivity contribution in [3.05, 3.63) is 65.9 Å². The van der Waals surface area contributed by atoms with Crippen LogP contribution in [0.1, 0.15) is 29.9 Å². The Morgan fingerprint density at radius 2 is 1.82 bits per heavy atom. The van der Waals surface area contributed by atoms with Crippen molar-refractivity contribution in [1.82, 2.24) is 9.88 Å². The van der Waals surface area contributed by atoms with E-state index in [1.165, 1.54) is 23.1 Å². The van der Waals surface area contributed by atoms with Crippen LogP contribution < -0.4 is 5.32 Å². The first kappa shape index (κ1) is 18.4. The van der Waals surface area contributed by atoms with Gasteiger partial charge in [0.2, 0.25) is 0 Å². The fourth-order valence-corrected chi connectivity index (χ4v) is 3.80. The van der Waals surface area contributed by atoms with Crippen LogP contribution in [0.4, 0.5) is 23.7 Å². The summed E-state index contributed by atoms with van der Waals surface area (Å²) in [5.41, 5.74) is 1.73. The van der Waals surface area contributed by atoms with E-state index in [0.717, 1.165) is 30.5 Å². The molecule has 0 aliphatic carbocycles. The highest BCUT2D eigenvalue weighted by molar-refractivity contribution is 5.89. The molecular formula is C21H20F3N3O. The Morgan fingerprint density at radius 1 is 1.07 bits per heavy atom. The number of anilines is 1. The van der Waals surface area contributed by atoms with Gasteiger partial charge in [0.1, 0.15) is 0 Å². The van der Waals surface area contributed by atoms with Gasteiger partial charge in [-0.1, -0.05) is 24.3 Å². The molecule has 28 heavy (non-hydrogen) atoms. The van der Waals surface area contributed by atoms with Crippen molar-refractivity contribution in [2.24, 2.45) is 0 Å². The van der Waals surface area contributed by atoms with Crippen LogP contribution in [0, 0.1) is 0 Å². The number of H-pyrrole nitrogens is 1. The van der Waals surface area contributed by atoms with Gasteiger partial charge in [-0.15, -0.1) is 0 Å². The van der Waals surface area contributed by atoms with Crippen LogP contribution in [0.15, 0.2) is 54.7 Å². The summed E-state index contributed by atoms with van der Waals surface area (Å²) >= 11 is 0. The predicted molar refractivity (Wildman–Crippen MR) is 102 cm³/mol. The first-order valence-corrected chi connectivity index (χ1v) is 9.21. The molecule has 0 bridgehead atoms. The minimum absolute atomic E-state index is 0.151. The molecule has 0 saturated carbocycles. The summed E-state index contributed by atoms with van der Waals surface area (Å²) in [5.74, 6) is 0.355. The minimum Gasteiger partial charge on any atom is -0.361 e. The van der Waals surface area contributed by atoms with Crippen molar-refractivity contribution in [3.63, 3.8) is 0 Å². The second kappa shape index (κ2) is 7.22. The Balaban J connectivity index is 1.39. The highest BCUT2D eigenvalue weighted by atomic mass is 19.4. The number of hydrogen-bond donors (Lipinski definition) is 2. The lowest BCUT2D eigenvalue weighted by Crippen LogP contribution is -2.40. The van der Waals surface area contributed by atoms with Crippen LogP contribution in [0.5, 0.6) is 0 Å². The number of urea groups is 1. The lowest BCUT2D eigenvalue weighted by molar-refractivity contribution is -0.137. The van der Waals surface area contributed by atoms with Crippen molar-refractivity contribution >= 4 is 22.6 Å². The zero-order valence-corrected chi connectivity index (χ0v) is 15.1. The van der Waals surface area contributed by atoms with E-state index >= 15 is 0 Å². The van der Waals surface area contributed by atoms with E-state index in [9.17, 15) is 18.0 Å². The predicted octanol–water partition coefficient (Wildman–Crippen LogP) is 5.60. The summed E-state index contributed by atoms with van der Waals surface area (Å²) in [6.45, 7) is 1.13. The van der Waals surface area contributed by atoms with Crippen LogP contribution in [0.25, 0.3) is 10.9 Å². The minimum atomic E-state index is -4.43. The number of alkyl halides is 3. The van der Waals surface area contributed by atoms with Crippen molar-refractivity contribution in [2.45, 2.75) is 24.9 Å². The molecule has 1 saturated heterocycles. The van der Waals surface area contributed by atoms with Crippen LogP contribution in [0.3, 0.4) is 0 Å². The topological polar surface area (TPSA) is 48.1 Å². The number of aromatic amines is 1. The van der Waals surface area contributed by atoms with Gasteiger partial charge in [-0.3, -0.25) is 0 Å². The van der Waals surface area contributed by atoms with E-state index in [2.05, 4.69) is 16.4 Å². The molecule has 4 rings (SSSR count). The first-order valence-electron chi connectivity index (χ1n) is 9.21. The van der Waals surface area contributed by atoms with Crippen LogP contribution in [-0.4, -0.2) is 29.0 Å². The number of hydrogen-bond acceptors (Lipinski definition) is 1. The number of halogens is 3. The van der Waals surface area contributed by atoms with Crippen molar-refractivity contribution in [1.29, 1.82) is 0 Å². The molecule has 1 aliphatic heterocycles. The number of amides is 2. The molecule has 1 fully saturated rings. The number of likely N-dealkylation sites (tertiary alicyclic amines) is 1. The van der Waals surface area contributed by atoms with Gasteiger partial charge in [0.15, 0.2) is 0 Å². The highest BCUT2D eigenvalue weighted by Crippen LogP contribution is 2.34. The number of carbonyl (C=O) groups is 1. The molecular weight excluding hydrogens is 367 g/mol. The number of para-hydroxylation sites is 1. The van der Waals surface area contributed by atoms with E-state index in [4.69, 9.17) is 0 Å². The summed E-state index contributed by atoms with van der Waals surface area (Å²) in [6.07, 6.45) is -0.762. The van der Waals surface area contributed by atoms with Crippen LogP contribution >= 0.6 is 0 Å². The maximum Gasteiger partial charge on any atom is 0.416 e. The summed E-state index contributed by atoms with van der Waals surface area (Å²) in [5, 5.41) is 3.79. The van der Waals surface area contributed by atoms with Crippen LogP contribution in [-0.2, 0) is 6.18 Å². The second-order valence-corrected chi connectivity index (χ2v) is 7.06. The van der Waals surface area contributed by atoms with E-state index in [-0.39, 0.29) is 11.7 Å². The molecule has 2 heterocycles. The third-order valence-corrected chi connectivity index (χ3v) is 5.28. The molecule has 0 radical (unpaired) electrons. The Hall–Kier alpha value is -2.96. The third-order valence-electron chi connectivity index (χ3n) is 5.28. The highest BCUT2D eigenvalue weighted by Gasteiger charge is 2.31. The maximum atomic E-state index is 12.8. The standard InChI is InChI=1S/C21H20F3N3O/c22-21(23,24)15-4-3-5-16(12-15)26-20(28)27-10-8-14(9-11-27)18-13-25-19-7-2-1-6-17(18)19/h1-7,12-14,25H,8-11H2,(H,26,28). The van der Waals surface area contributed by atoms with Gasteiger partial charge in [0.05, 0.1) is 5.56 Å². The van der Waals surface area contributed by atoms with Crippen molar-refractivity contribution < 1.29 is 18.0 Å². The molecule has 2 aromatic carbocycles. The third kappa shape index (κ3) is 3.69. The largest absolute Gasteiger partial charge is 0.416 e. The average Bonchev–Trinajstić information content (AvgIpc) is 3.12. The number of benzene rings is 2. The van der Waals surface area contributed by atoms with E-state index in [0.29, 0.717) is 19.0 Å². The molecule has 0 unspecified atom stereocenters. The van der Waals surface area contributed by atoms with Gasteiger partial charge >= 0.3 is 12.2 Å². The first-order chi connectivity index (χ1) is 13.4. The lowest BCUT2D eigenvalue weighted by atomic mass is 9.89. The number of rotatable bonds is 2. The zero-order valence-electron chi connectivity index (χ0n) is 15.1. The van der Waals surface area contributed by atoms with Crippen molar-refractivity contribution in [3.8, 4) is 0 Å². The molecule has 3 aromatic rings. The van der Waals surface area contributed by atoms with Gasteiger partial charge in [-0.25, -0.2) is 4.79 Å². The number of aromatic nitrogens is 1. The number of piperidine rings is 1. The number of nitrogens with one attached hydrogen (secondary N) is 2. The SMILES string of the molecule is O=C(Nc1cccc(C(F)(F)F)c1)N1CCC(c2c[nH]c3ccccc23)CC1. The normalized spacial score (nSPS) is 15.8. The quantitative estimate of drug-likeness (QED) is 0.591. The average molecular weight is 387 g/mol. The molecule has 0 spiro atoms. The summed E-state index contributed by atoms with van der Waals surface area (Å²) in [6, 6.07) is 12.5. The Morgan fingerprint density at radius 3 is 2.57 bits per heavy atom. The Kier molecular flexibility index (Phi) is 4.75. The molecule has 7 heteroatoms. The van der Waals surface area contributed by atoms with Gasteiger partial charge < -0.3 is 15.2 Å². The number of fused-ring (bicyclic) bond motifs is 1. The molecule has 4 nitrogen and oxygen atoms in total. The summed E-state index contributed by atoms with van der Waals surface area (Å²) < 4.78 is 38.5. The maximum absolute atomic E-state index is 12.8. The Labute approximate surface area is 160 Å². The summed E-state index contributed by atoms with van der Waals surface area (Å²) in [7, 11) is 0. The molecule has 1 aromatic heterocycles. The van der Waals surface area contributed by atoms with Gasteiger partial charge in [-0.2, -0.15) is 13.2 Å². The fraction of sp³-hybridized carbons (Fsp3) is 0.286. The number of nitrogens with zero attached hydrogens (tertiary/aromatic N) is 1. The second-order valence-electron chi connectivity index (χ2n) is 7.06. The van der Waals surface area contributed by atoms with E-state index in [1.807, 2.05) is 24.4 Å². The lowest BCUT2D eigenvalue weighted by Gasteiger charge is -2.32. The Bertz CT molecular complexity index is 988. The molecule has 146 valence electrons. The van der Waals surface area contributed by atoms with E-state index in [1.54, 1.807) is 4.90 Å². The van der Waals surface area contributed by atoms with Crippen molar-refractivity contribution in [2.75, 3.05) is 18.4 Å². The molecule has 1 aliphatic rings. The molecule has 0 atom stereocenters.